The molecule has 0 radical (unpaired) electrons. The van der Waals surface area contributed by atoms with E-state index in [1.54, 1.807) is 14.1 Å². The fourth-order valence-corrected chi connectivity index (χ4v) is 1.83. The number of carbonyl (C=O) groups excluding carboxylic acids is 2. The molecule has 0 aromatic rings. The van der Waals surface area contributed by atoms with E-state index in [2.05, 4.69) is 0 Å². The molecular weight excluding hydrogens is 250 g/mol. The van der Waals surface area contributed by atoms with Crippen molar-refractivity contribution in [3.8, 4) is 0 Å². The smallest absolute Gasteiger partial charge is 0.241 e. The van der Waals surface area contributed by atoms with Gasteiger partial charge in [-0.3, -0.25) is 9.59 Å². The van der Waals surface area contributed by atoms with Gasteiger partial charge in [-0.15, -0.1) is 0 Å². The molecule has 0 heterocycles. The Morgan fingerprint density at radius 2 is 1.83 bits per heavy atom. The zero-order chi connectivity index (χ0) is 14.3. The minimum absolute atomic E-state index is 0.0821. The van der Waals surface area contributed by atoms with Crippen LogP contribution in [0.4, 0.5) is 0 Å². The summed E-state index contributed by atoms with van der Waals surface area (Å²) < 4.78 is 0. The number of thiocarbonyl (C=S) groups is 1. The Morgan fingerprint density at radius 3 is 2.17 bits per heavy atom. The molecule has 0 aromatic heterocycles. The lowest BCUT2D eigenvalue weighted by molar-refractivity contribution is -0.140. The van der Waals surface area contributed by atoms with Crippen molar-refractivity contribution in [1.82, 2.24) is 9.80 Å². The molecule has 0 aromatic carbocycles. The van der Waals surface area contributed by atoms with E-state index < -0.39 is 5.92 Å². The van der Waals surface area contributed by atoms with Gasteiger partial charge >= 0.3 is 0 Å². The number of hydrogen-bond acceptors (Lipinski definition) is 3. The molecule has 18 heavy (non-hydrogen) atoms. The standard InChI is InChI=1S/C12H23N3O2S/c1-5-7-15(8-10(16)14(3)4)12(17)9(6-2)11(13)18/h9H,5-8H2,1-4H3,(H2,13,18). The van der Waals surface area contributed by atoms with E-state index >= 15 is 0 Å². The highest BCUT2D eigenvalue weighted by molar-refractivity contribution is 7.80. The topological polar surface area (TPSA) is 66.6 Å². The number of rotatable bonds is 7. The average Bonchev–Trinajstić information content (AvgIpc) is 2.28. The molecule has 0 bridgehead atoms. The molecule has 1 atom stereocenters. The second-order valence-corrected chi connectivity index (χ2v) is 4.88. The van der Waals surface area contributed by atoms with Crippen LogP contribution in [0.2, 0.25) is 0 Å². The van der Waals surface area contributed by atoms with Crippen LogP contribution in [0.1, 0.15) is 26.7 Å². The molecule has 0 fully saturated rings. The first-order valence-corrected chi connectivity index (χ1v) is 6.54. The lowest BCUT2D eigenvalue weighted by Gasteiger charge is -2.26. The SMILES string of the molecule is CCCN(CC(=O)N(C)C)C(=O)C(CC)C(N)=S. The molecule has 104 valence electrons. The molecule has 5 nitrogen and oxygen atoms in total. The molecule has 0 aliphatic heterocycles. The average molecular weight is 273 g/mol. The molecule has 2 amide bonds. The zero-order valence-electron chi connectivity index (χ0n) is 11.6. The summed E-state index contributed by atoms with van der Waals surface area (Å²) in [6, 6.07) is 0. The normalized spacial score (nSPS) is 11.8. The molecular formula is C12H23N3O2S. The van der Waals surface area contributed by atoms with Crippen LogP contribution >= 0.6 is 12.2 Å². The third-order valence-electron chi connectivity index (χ3n) is 2.68. The van der Waals surface area contributed by atoms with Crippen LogP contribution in [0.3, 0.4) is 0 Å². The van der Waals surface area contributed by atoms with Crippen molar-refractivity contribution in [3.63, 3.8) is 0 Å². The van der Waals surface area contributed by atoms with Crippen LogP contribution < -0.4 is 5.73 Å². The summed E-state index contributed by atoms with van der Waals surface area (Å²) in [6.45, 7) is 4.44. The minimum atomic E-state index is -0.471. The van der Waals surface area contributed by atoms with Crippen LogP contribution in [0.5, 0.6) is 0 Å². The fraction of sp³-hybridized carbons (Fsp3) is 0.750. The van der Waals surface area contributed by atoms with Gasteiger partial charge in [0, 0.05) is 20.6 Å². The highest BCUT2D eigenvalue weighted by Crippen LogP contribution is 2.09. The van der Waals surface area contributed by atoms with Gasteiger partial charge in [0.25, 0.3) is 0 Å². The molecule has 0 aliphatic carbocycles. The maximum absolute atomic E-state index is 12.3. The van der Waals surface area contributed by atoms with Crippen molar-refractivity contribution in [1.29, 1.82) is 0 Å². The first-order valence-electron chi connectivity index (χ1n) is 6.13. The van der Waals surface area contributed by atoms with Gasteiger partial charge in [0.1, 0.15) is 0 Å². The lowest BCUT2D eigenvalue weighted by atomic mass is 10.0. The summed E-state index contributed by atoms with van der Waals surface area (Å²) in [6.07, 6.45) is 1.35. The fourth-order valence-electron chi connectivity index (χ4n) is 1.56. The molecule has 0 saturated carbocycles. The molecule has 1 unspecified atom stereocenters. The van der Waals surface area contributed by atoms with Crippen molar-refractivity contribution in [2.45, 2.75) is 26.7 Å². The summed E-state index contributed by atoms with van der Waals surface area (Å²) in [4.78, 5) is 27.1. The van der Waals surface area contributed by atoms with Crippen LogP contribution in [-0.4, -0.2) is 53.8 Å². The van der Waals surface area contributed by atoms with E-state index in [1.807, 2.05) is 13.8 Å². The molecule has 0 rings (SSSR count). The van der Waals surface area contributed by atoms with Crippen molar-refractivity contribution in [2.75, 3.05) is 27.2 Å². The van der Waals surface area contributed by atoms with Crippen molar-refractivity contribution in [2.24, 2.45) is 11.7 Å². The number of likely N-dealkylation sites (N-methyl/N-ethyl adjacent to an activating group) is 1. The number of hydrogen-bond donors (Lipinski definition) is 1. The summed E-state index contributed by atoms with van der Waals surface area (Å²) in [5, 5.41) is 0. The van der Waals surface area contributed by atoms with E-state index in [1.165, 1.54) is 9.80 Å². The van der Waals surface area contributed by atoms with Crippen molar-refractivity contribution >= 4 is 29.0 Å². The third-order valence-corrected chi connectivity index (χ3v) is 2.96. The van der Waals surface area contributed by atoms with E-state index in [-0.39, 0.29) is 23.3 Å². The number of carbonyl (C=O) groups is 2. The first-order chi connectivity index (χ1) is 8.34. The Balaban J connectivity index is 4.82. The van der Waals surface area contributed by atoms with Crippen LogP contribution in [0.25, 0.3) is 0 Å². The van der Waals surface area contributed by atoms with E-state index in [0.29, 0.717) is 13.0 Å². The largest absolute Gasteiger partial charge is 0.393 e. The van der Waals surface area contributed by atoms with E-state index in [9.17, 15) is 9.59 Å². The highest BCUT2D eigenvalue weighted by atomic mass is 32.1. The van der Waals surface area contributed by atoms with Gasteiger partial charge in [-0.2, -0.15) is 0 Å². The maximum Gasteiger partial charge on any atom is 0.241 e. The van der Waals surface area contributed by atoms with Gasteiger partial charge in [-0.1, -0.05) is 26.1 Å². The van der Waals surface area contributed by atoms with E-state index in [4.69, 9.17) is 18.0 Å². The summed E-state index contributed by atoms with van der Waals surface area (Å²) in [7, 11) is 3.34. The summed E-state index contributed by atoms with van der Waals surface area (Å²) >= 11 is 4.90. The molecule has 2 N–H and O–H groups in total. The quantitative estimate of drug-likeness (QED) is 0.691. The third kappa shape index (κ3) is 5.00. The predicted molar refractivity (Wildman–Crippen MR) is 76.1 cm³/mol. The second kappa shape index (κ2) is 8.02. The highest BCUT2D eigenvalue weighted by Gasteiger charge is 2.26. The summed E-state index contributed by atoms with van der Waals surface area (Å²) in [5.74, 6) is -0.724. The minimum Gasteiger partial charge on any atom is -0.393 e. The first kappa shape index (κ1) is 16.8. The Hall–Kier alpha value is -1.17. The Labute approximate surface area is 114 Å². The van der Waals surface area contributed by atoms with Gasteiger partial charge in [0.15, 0.2) is 0 Å². The van der Waals surface area contributed by atoms with Gasteiger partial charge in [0.05, 0.1) is 17.5 Å². The molecule has 6 heteroatoms. The van der Waals surface area contributed by atoms with Crippen LogP contribution in [-0.2, 0) is 9.59 Å². The number of nitrogens with zero attached hydrogens (tertiary/aromatic N) is 2. The second-order valence-electron chi connectivity index (χ2n) is 4.41. The monoisotopic (exact) mass is 273 g/mol. The Kier molecular flexibility index (Phi) is 7.50. The lowest BCUT2D eigenvalue weighted by Crippen LogP contribution is -2.45. The molecule has 0 spiro atoms. The number of amides is 2. The van der Waals surface area contributed by atoms with E-state index in [0.717, 1.165) is 6.42 Å². The zero-order valence-corrected chi connectivity index (χ0v) is 12.4. The molecule has 0 saturated heterocycles. The van der Waals surface area contributed by atoms with Gasteiger partial charge < -0.3 is 15.5 Å². The van der Waals surface area contributed by atoms with Crippen molar-refractivity contribution < 1.29 is 9.59 Å². The maximum atomic E-state index is 12.3. The predicted octanol–water partition coefficient (Wildman–Crippen LogP) is 0.626. The van der Waals surface area contributed by atoms with Crippen LogP contribution in [0.15, 0.2) is 0 Å². The number of nitrogens with two attached hydrogens (primary N) is 1. The van der Waals surface area contributed by atoms with Gasteiger partial charge in [-0.25, -0.2) is 0 Å². The Bertz CT molecular complexity index is 318. The van der Waals surface area contributed by atoms with Crippen molar-refractivity contribution in [3.05, 3.63) is 0 Å². The van der Waals surface area contributed by atoms with Gasteiger partial charge in [-0.05, 0) is 12.8 Å². The molecule has 0 aliphatic rings. The van der Waals surface area contributed by atoms with Gasteiger partial charge in [0.2, 0.25) is 11.8 Å². The summed E-state index contributed by atoms with van der Waals surface area (Å²) in [5.41, 5.74) is 5.56. The van der Waals surface area contributed by atoms with Crippen LogP contribution in [0, 0.1) is 5.92 Å². The Morgan fingerprint density at radius 1 is 1.28 bits per heavy atom.